The smallest absolute Gasteiger partial charge is 0.377 e. The van der Waals surface area contributed by atoms with Crippen LogP contribution in [0, 0.1) is 0 Å². The fraction of sp³-hybridized carbons (Fsp3) is 0.467. The van der Waals surface area contributed by atoms with Crippen LogP contribution >= 0.6 is 0 Å². The molecule has 0 radical (unpaired) electrons. The van der Waals surface area contributed by atoms with Gasteiger partial charge < -0.3 is 13.3 Å². The molecule has 1 aromatic rings. The number of allylic oxidation sites excluding steroid dienone is 1. The first-order valence-corrected chi connectivity index (χ1v) is 8.58. The van der Waals surface area contributed by atoms with Gasteiger partial charge in [-0.15, -0.1) is 6.58 Å². The molecule has 0 saturated carbocycles. The quantitative estimate of drug-likeness (QED) is 0.373. The van der Waals surface area contributed by atoms with E-state index in [1.165, 1.54) is 5.56 Å². The van der Waals surface area contributed by atoms with Crippen molar-refractivity contribution in [1.29, 1.82) is 0 Å². The van der Waals surface area contributed by atoms with Gasteiger partial charge in [-0.3, -0.25) is 0 Å². The first-order chi connectivity index (χ1) is 9.26. The fourth-order valence-electron chi connectivity index (χ4n) is 1.91. The van der Waals surface area contributed by atoms with Crippen LogP contribution in [0.25, 0.3) is 0 Å². The van der Waals surface area contributed by atoms with Crippen molar-refractivity contribution in [3.63, 3.8) is 0 Å². The molecule has 0 fully saturated rings. The van der Waals surface area contributed by atoms with E-state index in [-0.39, 0.29) is 0 Å². The maximum atomic E-state index is 5.94. The van der Waals surface area contributed by atoms with Gasteiger partial charge in [0.15, 0.2) is 0 Å². The zero-order chi connectivity index (χ0) is 14.0. The van der Waals surface area contributed by atoms with Crippen LogP contribution in [0.3, 0.4) is 0 Å². The normalized spacial score (nSPS) is 11.5. The lowest BCUT2D eigenvalue weighted by Crippen LogP contribution is -2.44. The van der Waals surface area contributed by atoms with Crippen molar-refractivity contribution >= 4 is 8.80 Å². The largest absolute Gasteiger partial charge is 0.500 e. The molecule has 0 aliphatic carbocycles. The standard InChI is InChI=1S/C15H24O3Si/c1-4-5-9-14-19(16-2,17-3)18-13-12-15-10-7-6-8-11-15/h4,6-8,10-11H,1,5,9,12-14H2,2-3H3. The average molecular weight is 280 g/mol. The van der Waals surface area contributed by atoms with Crippen LogP contribution in [0.2, 0.25) is 6.04 Å². The molecule has 0 bridgehead atoms. The Kier molecular flexibility index (Phi) is 7.67. The highest BCUT2D eigenvalue weighted by molar-refractivity contribution is 6.60. The zero-order valence-electron chi connectivity index (χ0n) is 11.9. The molecule has 0 aromatic heterocycles. The van der Waals surface area contributed by atoms with Crippen LogP contribution < -0.4 is 0 Å². The third kappa shape index (κ3) is 5.70. The van der Waals surface area contributed by atoms with E-state index >= 15 is 0 Å². The van der Waals surface area contributed by atoms with E-state index in [0.29, 0.717) is 6.61 Å². The van der Waals surface area contributed by atoms with Crippen LogP contribution in [-0.2, 0) is 19.7 Å². The predicted octanol–water partition coefficient (Wildman–Crippen LogP) is 3.44. The molecule has 0 spiro atoms. The highest BCUT2D eigenvalue weighted by atomic mass is 28.4. The van der Waals surface area contributed by atoms with Crippen LogP contribution in [0.1, 0.15) is 18.4 Å². The molecule has 0 N–H and O–H groups in total. The third-order valence-electron chi connectivity index (χ3n) is 3.07. The molecule has 0 aliphatic rings. The number of unbranched alkanes of at least 4 members (excludes halogenated alkanes) is 1. The molecular weight excluding hydrogens is 256 g/mol. The third-order valence-corrected chi connectivity index (χ3v) is 5.92. The first-order valence-electron chi connectivity index (χ1n) is 6.65. The molecule has 1 aromatic carbocycles. The van der Waals surface area contributed by atoms with Gasteiger partial charge in [-0.05, 0) is 24.8 Å². The summed E-state index contributed by atoms with van der Waals surface area (Å²) in [6.45, 7) is 4.36. The molecule has 1 rings (SSSR count). The number of hydrogen-bond donors (Lipinski definition) is 0. The van der Waals surface area contributed by atoms with Crippen LogP contribution in [0.4, 0.5) is 0 Å². The molecular formula is C15H24O3Si. The lowest BCUT2D eigenvalue weighted by atomic mass is 10.2. The van der Waals surface area contributed by atoms with Crippen molar-refractivity contribution in [3.05, 3.63) is 48.6 Å². The van der Waals surface area contributed by atoms with Crippen molar-refractivity contribution in [2.24, 2.45) is 0 Å². The van der Waals surface area contributed by atoms with E-state index in [0.717, 1.165) is 25.3 Å². The molecule has 106 valence electrons. The lowest BCUT2D eigenvalue weighted by molar-refractivity contribution is 0.0989. The van der Waals surface area contributed by atoms with E-state index < -0.39 is 8.80 Å². The number of benzene rings is 1. The number of rotatable bonds is 10. The average Bonchev–Trinajstić information content (AvgIpc) is 2.47. The Morgan fingerprint density at radius 1 is 1.16 bits per heavy atom. The van der Waals surface area contributed by atoms with E-state index in [9.17, 15) is 0 Å². The van der Waals surface area contributed by atoms with Gasteiger partial charge in [0.25, 0.3) is 0 Å². The zero-order valence-corrected chi connectivity index (χ0v) is 12.9. The van der Waals surface area contributed by atoms with Crippen LogP contribution in [0.5, 0.6) is 0 Å². The molecule has 19 heavy (non-hydrogen) atoms. The van der Waals surface area contributed by atoms with Gasteiger partial charge in [-0.25, -0.2) is 0 Å². The van der Waals surface area contributed by atoms with Crippen LogP contribution in [-0.4, -0.2) is 29.6 Å². The molecule has 0 heterocycles. The van der Waals surface area contributed by atoms with Crippen LogP contribution in [0.15, 0.2) is 43.0 Å². The number of hydrogen-bond acceptors (Lipinski definition) is 3. The topological polar surface area (TPSA) is 27.7 Å². The second kappa shape index (κ2) is 9.04. The Balaban J connectivity index is 2.42. The minimum absolute atomic E-state index is 0.631. The molecule has 0 amide bonds. The molecule has 4 heteroatoms. The monoisotopic (exact) mass is 280 g/mol. The Hall–Kier alpha value is -0.943. The Bertz CT molecular complexity index is 350. The second-order valence-electron chi connectivity index (χ2n) is 4.36. The maximum Gasteiger partial charge on any atom is 0.500 e. The van der Waals surface area contributed by atoms with Gasteiger partial charge in [0.1, 0.15) is 0 Å². The summed E-state index contributed by atoms with van der Waals surface area (Å²) >= 11 is 0. The van der Waals surface area contributed by atoms with E-state index in [1.54, 1.807) is 14.2 Å². The van der Waals surface area contributed by atoms with Gasteiger partial charge in [0.2, 0.25) is 0 Å². The van der Waals surface area contributed by atoms with Crippen molar-refractivity contribution in [3.8, 4) is 0 Å². The summed E-state index contributed by atoms with van der Waals surface area (Å²) in [7, 11) is 0.863. The summed E-state index contributed by atoms with van der Waals surface area (Å²) < 4.78 is 17.0. The highest BCUT2D eigenvalue weighted by Crippen LogP contribution is 2.18. The van der Waals surface area contributed by atoms with Gasteiger partial charge >= 0.3 is 8.80 Å². The summed E-state index contributed by atoms with van der Waals surface area (Å²) in [4.78, 5) is 0. The Morgan fingerprint density at radius 2 is 1.84 bits per heavy atom. The lowest BCUT2D eigenvalue weighted by Gasteiger charge is -2.26. The summed E-state index contributed by atoms with van der Waals surface area (Å²) in [5.41, 5.74) is 1.27. The molecule has 0 aliphatic heterocycles. The van der Waals surface area contributed by atoms with Gasteiger partial charge in [0, 0.05) is 26.9 Å². The summed E-state index contributed by atoms with van der Waals surface area (Å²) in [5, 5.41) is 0. The highest BCUT2D eigenvalue weighted by Gasteiger charge is 2.37. The fourth-order valence-corrected chi connectivity index (χ4v) is 3.91. The Labute approximate surface area is 117 Å². The van der Waals surface area contributed by atoms with Gasteiger partial charge in [-0.1, -0.05) is 36.4 Å². The molecule has 0 atom stereocenters. The minimum atomic E-state index is -2.48. The van der Waals surface area contributed by atoms with Crippen molar-refractivity contribution < 1.29 is 13.3 Å². The van der Waals surface area contributed by atoms with E-state index in [1.807, 2.05) is 24.3 Å². The van der Waals surface area contributed by atoms with E-state index in [2.05, 4.69) is 18.7 Å². The van der Waals surface area contributed by atoms with Crippen molar-refractivity contribution in [1.82, 2.24) is 0 Å². The van der Waals surface area contributed by atoms with E-state index in [4.69, 9.17) is 13.3 Å². The molecule has 0 unspecified atom stereocenters. The van der Waals surface area contributed by atoms with Gasteiger partial charge in [0.05, 0.1) is 0 Å². The summed E-state index contributed by atoms with van der Waals surface area (Å²) in [6, 6.07) is 11.1. The first kappa shape index (κ1) is 16.1. The SMILES string of the molecule is C=CCCC[Si](OC)(OC)OCCc1ccccc1. The predicted molar refractivity (Wildman–Crippen MR) is 80.1 cm³/mol. The Morgan fingerprint density at radius 3 is 2.42 bits per heavy atom. The van der Waals surface area contributed by atoms with Gasteiger partial charge in [-0.2, -0.15) is 0 Å². The molecule has 0 saturated heterocycles. The van der Waals surface area contributed by atoms with Crippen molar-refractivity contribution in [2.45, 2.75) is 25.3 Å². The maximum absolute atomic E-state index is 5.94. The van der Waals surface area contributed by atoms with Crippen molar-refractivity contribution in [2.75, 3.05) is 20.8 Å². The summed E-state index contributed by atoms with van der Waals surface area (Å²) in [6.07, 6.45) is 4.74. The molecule has 3 nitrogen and oxygen atoms in total. The second-order valence-corrected chi connectivity index (χ2v) is 7.33. The summed E-state index contributed by atoms with van der Waals surface area (Å²) in [5.74, 6) is 0. The minimum Gasteiger partial charge on any atom is -0.377 e.